The molecule has 0 bridgehead atoms. The second-order valence-electron chi connectivity index (χ2n) is 26.4. The average Bonchev–Trinajstić information content (AvgIpc) is 1.69. The number of benzene rings is 14. The summed E-state index contributed by atoms with van der Waals surface area (Å²) in [6, 6.07) is 122. The molecule has 106 heavy (non-hydrogen) atoms. The summed E-state index contributed by atoms with van der Waals surface area (Å²) in [5.41, 5.74) is 19.8. The van der Waals surface area contributed by atoms with Gasteiger partial charge in [-0.1, -0.05) is 189 Å². The molecule has 0 fully saturated rings. The first-order valence-electron chi connectivity index (χ1n) is 35.5. The average molecular weight is 1360 g/mol. The van der Waals surface area contributed by atoms with Crippen LogP contribution in [0.25, 0.3) is 82.8 Å². The van der Waals surface area contributed by atoms with Gasteiger partial charge >= 0.3 is 0 Å². The normalized spacial score (nSPS) is 12.1. The van der Waals surface area contributed by atoms with Gasteiger partial charge in [0.2, 0.25) is 0 Å². The number of allylic oxidation sites excluding steroid dienone is 4. The Morgan fingerprint density at radius 2 is 0.915 bits per heavy atom. The largest absolute Gasteiger partial charge is 0.313 e. The summed E-state index contributed by atoms with van der Waals surface area (Å²) < 4.78 is 4.52. The second-order valence-corrected chi connectivity index (χ2v) is 26.4. The van der Waals surface area contributed by atoms with Crippen molar-refractivity contribution in [2.24, 2.45) is 5.92 Å². The van der Waals surface area contributed by atoms with Gasteiger partial charge in [-0.3, -0.25) is 0 Å². The maximum Gasteiger partial charge on any atom is 0.101 e. The monoisotopic (exact) mass is 1360 g/mol. The van der Waals surface area contributed by atoms with Crippen LogP contribution in [-0.2, 0) is 6.42 Å². The van der Waals surface area contributed by atoms with E-state index in [0.717, 1.165) is 135 Å². The summed E-state index contributed by atoms with van der Waals surface area (Å²) in [6.45, 7) is 4.74. The van der Waals surface area contributed by atoms with E-state index in [1.54, 1.807) is 6.08 Å². The molecule has 1 unspecified atom stereocenters. The Morgan fingerprint density at radius 1 is 0.415 bits per heavy atom. The molecular weight excluding hydrogens is 1290 g/mol. The minimum absolute atomic E-state index is 0.235. The number of nitrogens with zero attached hydrogens (tertiary/aromatic N) is 10. The first-order valence-corrected chi connectivity index (χ1v) is 35.5. The van der Waals surface area contributed by atoms with Crippen LogP contribution < -0.4 is 19.6 Å². The molecule has 1 atom stereocenters. The highest BCUT2D eigenvalue weighted by atomic mass is 15.2. The van der Waals surface area contributed by atoms with E-state index in [4.69, 9.17) is 6.58 Å². The summed E-state index contributed by atoms with van der Waals surface area (Å²) in [5, 5.41) is 51.8. The van der Waals surface area contributed by atoms with Crippen molar-refractivity contribution in [3.05, 3.63) is 374 Å². The first kappa shape index (κ1) is 64.7. The number of para-hydroxylation sites is 6. The van der Waals surface area contributed by atoms with Gasteiger partial charge in [0.15, 0.2) is 0 Å². The van der Waals surface area contributed by atoms with Crippen LogP contribution in [0.4, 0.5) is 62.6 Å². The van der Waals surface area contributed by atoms with Crippen molar-refractivity contribution >= 4 is 129 Å². The molecule has 10 nitrogen and oxygen atoms in total. The lowest BCUT2D eigenvalue weighted by Crippen LogP contribution is -2.22. The molecule has 2 heterocycles. The number of hydrogen-bond donors (Lipinski definition) is 0. The molecule has 0 aliphatic heterocycles. The van der Waals surface area contributed by atoms with E-state index >= 15 is 0 Å². The van der Waals surface area contributed by atoms with Crippen molar-refractivity contribution in [3.63, 3.8) is 0 Å². The molecule has 16 aromatic rings. The van der Waals surface area contributed by atoms with Gasteiger partial charge in [0.05, 0.1) is 57.1 Å². The molecule has 0 saturated heterocycles. The Balaban J connectivity index is 0.742. The van der Waals surface area contributed by atoms with Gasteiger partial charge in [-0.05, 0) is 203 Å². The minimum Gasteiger partial charge on any atom is -0.313 e. The van der Waals surface area contributed by atoms with E-state index in [9.17, 15) is 21.0 Å². The highest BCUT2D eigenvalue weighted by Crippen LogP contribution is 2.48. The van der Waals surface area contributed by atoms with Crippen LogP contribution in [0.1, 0.15) is 35.2 Å². The molecule has 2 aromatic heterocycles. The Kier molecular flexibility index (Phi) is 17.1. The fourth-order valence-corrected chi connectivity index (χ4v) is 15.5. The molecule has 0 saturated carbocycles. The first-order chi connectivity index (χ1) is 52.3. The third kappa shape index (κ3) is 11.8. The van der Waals surface area contributed by atoms with Crippen LogP contribution in [0.15, 0.2) is 352 Å². The van der Waals surface area contributed by atoms with Crippen molar-refractivity contribution in [2.45, 2.75) is 19.3 Å². The molecule has 0 spiro atoms. The number of aromatic nitrogens is 2. The second kappa shape index (κ2) is 28.0. The Morgan fingerprint density at radius 3 is 1.51 bits per heavy atom. The molecular formula is C96H66N10. The topological polar surface area (TPSA) is 118 Å². The summed E-state index contributed by atoms with van der Waals surface area (Å²) in [6.07, 6.45) is 8.11. The number of nitriles is 4. The summed E-state index contributed by atoms with van der Waals surface area (Å²) in [5.74, 6) is -0.731. The molecule has 14 aromatic carbocycles. The molecule has 1 aliphatic carbocycles. The fourth-order valence-electron chi connectivity index (χ4n) is 15.5. The third-order valence-electron chi connectivity index (χ3n) is 20.3. The summed E-state index contributed by atoms with van der Waals surface area (Å²) in [4.78, 5) is 8.47. The van der Waals surface area contributed by atoms with E-state index in [0.29, 0.717) is 33.9 Å². The standard InChI is InChI=1S/C96H66N10/c1-66(71(63-98)59-84(55-56-97)106-91-38-19-16-34-87(91)88-35-17-20-39-92(88)106)101(82-43-41-67-23-14-15-24-68(67)57-82)78-44-50-81(51-45-78)105-93-40-21-18-36-89(93)90-60-70(42-54-94(90)105)85-37-22-25-69-58-83(52-53-86(69)85)104(80-48-46-79(47-49-80)102(74-26-6-2-7-27-74)75-28-8-3-9-29-75)96-62-72(64-99)95(61-73(96)65-100)103(76-30-10-4-11-31-76)77-32-12-5-13-33-77/h2-20,22-39,41-55,57-58,60-62,71H,1,21,40,59H2/b84-55-. The van der Waals surface area contributed by atoms with Crippen molar-refractivity contribution in [1.29, 1.82) is 21.0 Å². The number of hydrogen-bond acceptors (Lipinski definition) is 8. The maximum atomic E-state index is 11.4. The van der Waals surface area contributed by atoms with E-state index in [1.165, 1.54) is 11.3 Å². The number of rotatable bonds is 18. The van der Waals surface area contributed by atoms with Crippen LogP contribution >= 0.6 is 0 Å². The van der Waals surface area contributed by atoms with Gasteiger partial charge in [0, 0.05) is 108 Å². The quantitative estimate of drug-likeness (QED) is 0.0780. The van der Waals surface area contributed by atoms with Crippen molar-refractivity contribution in [2.75, 3.05) is 19.6 Å². The molecule has 17 rings (SSSR count). The highest BCUT2D eigenvalue weighted by molar-refractivity contribution is 6.10. The van der Waals surface area contributed by atoms with Gasteiger partial charge in [0.1, 0.15) is 12.1 Å². The lowest BCUT2D eigenvalue weighted by molar-refractivity contribution is 0.763. The van der Waals surface area contributed by atoms with E-state index < -0.39 is 5.92 Å². The Bertz CT molecular complexity index is 6190. The van der Waals surface area contributed by atoms with Crippen LogP contribution in [0.2, 0.25) is 0 Å². The van der Waals surface area contributed by atoms with Crippen LogP contribution in [0.3, 0.4) is 0 Å². The zero-order chi connectivity index (χ0) is 71.6. The van der Waals surface area contributed by atoms with Crippen LogP contribution in [0.5, 0.6) is 0 Å². The van der Waals surface area contributed by atoms with Crippen molar-refractivity contribution in [3.8, 4) is 41.1 Å². The molecule has 0 radical (unpaired) electrons. The third-order valence-corrected chi connectivity index (χ3v) is 20.3. The predicted octanol–water partition coefficient (Wildman–Crippen LogP) is 25.1. The van der Waals surface area contributed by atoms with Crippen molar-refractivity contribution in [1.82, 2.24) is 9.13 Å². The highest BCUT2D eigenvalue weighted by Gasteiger charge is 2.29. The zero-order valence-corrected chi connectivity index (χ0v) is 57.8. The lowest BCUT2D eigenvalue weighted by atomic mass is 9.95. The molecule has 1 aliphatic rings. The SMILES string of the molecule is C=C(C(C#N)C/C(=C/C#N)n1c2ccccc2c2ccccc21)N(c1ccc(-n2c3c(c4cc(-c5cccc6cc(N(c7ccc(N(c8ccccc8)c8ccccc8)cc7)c7cc(C#N)c(N(c8ccccc8)c8ccccc8)cc7C#N)ccc56)ccc42)C=CCC3)cc1)c1ccc2ccccc2c1. The number of anilines is 11. The smallest absolute Gasteiger partial charge is 0.101 e. The number of fused-ring (bicyclic) bond motifs is 8. The Hall–Kier alpha value is -14.7. The molecule has 0 N–H and O–H groups in total. The van der Waals surface area contributed by atoms with E-state index in [-0.39, 0.29) is 6.42 Å². The fraction of sp³-hybridized carbons (Fsp3) is 0.0417. The van der Waals surface area contributed by atoms with Gasteiger partial charge < -0.3 is 28.7 Å². The zero-order valence-electron chi connectivity index (χ0n) is 57.8. The van der Waals surface area contributed by atoms with Gasteiger partial charge in [0.25, 0.3) is 0 Å². The predicted molar refractivity (Wildman–Crippen MR) is 435 cm³/mol. The van der Waals surface area contributed by atoms with Crippen molar-refractivity contribution < 1.29 is 0 Å². The minimum atomic E-state index is -0.731. The maximum absolute atomic E-state index is 11.4. The van der Waals surface area contributed by atoms with Gasteiger partial charge in [-0.2, -0.15) is 21.0 Å². The summed E-state index contributed by atoms with van der Waals surface area (Å²) in [7, 11) is 0. The van der Waals surface area contributed by atoms with Gasteiger partial charge in [-0.25, -0.2) is 0 Å². The van der Waals surface area contributed by atoms with Crippen LogP contribution in [0, 0.1) is 51.2 Å². The summed E-state index contributed by atoms with van der Waals surface area (Å²) >= 11 is 0. The Labute approximate surface area is 615 Å². The lowest BCUT2D eigenvalue weighted by Gasteiger charge is -2.31. The van der Waals surface area contributed by atoms with Gasteiger partial charge in [-0.15, -0.1) is 0 Å². The molecule has 10 heteroatoms. The molecule has 500 valence electrons. The van der Waals surface area contributed by atoms with E-state index in [2.05, 4.69) is 242 Å². The molecule has 0 amide bonds. The van der Waals surface area contributed by atoms with Crippen LogP contribution in [-0.4, -0.2) is 9.13 Å². The van der Waals surface area contributed by atoms with E-state index in [1.807, 2.05) is 150 Å².